The van der Waals surface area contributed by atoms with Crippen LogP contribution in [0.1, 0.15) is 24.0 Å². The summed E-state index contributed by atoms with van der Waals surface area (Å²) in [5.74, 6) is 2.74. The van der Waals surface area contributed by atoms with Crippen LogP contribution in [-0.4, -0.2) is 81.4 Å². The molecule has 2 aromatic carbocycles. The summed E-state index contributed by atoms with van der Waals surface area (Å²) in [5.41, 5.74) is 3.60. The van der Waals surface area contributed by atoms with Gasteiger partial charge >= 0.3 is 0 Å². The van der Waals surface area contributed by atoms with Crippen LogP contribution in [0, 0.1) is 6.92 Å². The van der Waals surface area contributed by atoms with Gasteiger partial charge < -0.3 is 29.3 Å². The Hall–Kier alpha value is -2.91. The lowest BCUT2D eigenvalue weighted by atomic mass is 10.0. The molecule has 0 atom stereocenters. The van der Waals surface area contributed by atoms with Crippen molar-refractivity contribution in [2.75, 3.05) is 70.8 Å². The number of hydrogen-bond donors (Lipinski definition) is 1. The molecule has 0 aliphatic carbocycles. The van der Waals surface area contributed by atoms with Crippen molar-refractivity contribution in [3.05, 3.63) is 63.8 Å². The molecule has 220 valence electrons. The topological polar surface area (TPSA) is 62.3 Å². The summed E-state index contributed by atoms with van der Waals surface area (Å²) in [6, 6.07) is 12.5. The van der Waals surface area contributed by atoms with Crippen molar-refractivity contribution in [3.63, 3.8) is 0 Å². The van der Waals surface area contributed by atoms with Gasteiger partial charge in [-0.2, -0.15) is 0 Å². The van der Waals surface area contributed by atoms with E-state index in [4.69, 9.17) is 37.4 Å². The molecule has 1 aromatic heterocycles. The molecule has 0 bridgehead atoms. The Labute approximate surface area is 253 Å². The molecule has 3 aromatic rings. The minimum atomic E-state index is 0.204. The number of likely N-dealkylation sites (N-methyl/N-ethyl adjacent to an activating group) is 1. The number of piperidine rings is 1. The molecular weight excluding hydrogens is 561 g/mol. The minimum Gasteiger partial charge on any atom is -0.495 e. The van der Waals surface area contributed by atoms with Crippen molar-refractivity contribution >= 4 is 40.4 Å². The zero-order valence-electron chi connectivity index (χ0n) is 24.3. The summed E-state index contributed by atoms with van der Waals surface area (Å²) < 4.78 is 17.1. The van der Waals surface area contributed by atoms with E-state index in [9.17, 15) is 0 Å². The van der Waals surface area contributed by atoms with Crippen LogP contribution < -0.4 is 24.4 Å². The Bertz CT molecular complexity index is 1320. The number of nitrogens with one attached hydrogen (secondary N) is 1. The molecule has 0 amide bonds. The van der Waals surface area contributed by atoms with E-state index in [2.05, 4.69) is 44.2 Å². The first-order chi connectivity index (χ1) is 19.9. The lowest BCUT2D eigenvalue weighted by Gasteiger charge is -2.42. The number of rotatable bonds is 9. The van der Waals surface area contributed by atoms with Crippen molar-refractivity contribution in [1.82, 2.24) is 14.8 Å². The number of ether oxygens (including phenoxy) is 3. The Morgan fingerprint density at radius 2 is 1.63 bits per heavy atom. The molecule has 8 nitrogen and oxygen atoms in total. The molecule has 0 radical (unpaired) electrons. The SMILES string of the molecule is COc1cc(Nc2ccc(OCc3c(Cl)c(C)cc(OC)c3Cl)cn2)ccc1N1CCC(N2CCN(C)CC2)CC1. The van der Waals surface area contributed by atoms with Gasteiger partial charge in [-0.3, -0.25) is 4.90 Å². The average Bonchev–Trinajstić information content (AvgIpc) is 3.00. The maximum atomic E-state index is 6.48. The number of nitrogens with zero attached hydrogens (tertiary/aromatic N) is 4. The van der Waals surface area contributed by atoms with Gasteiger partial charge in [0.25, 0.3) is 0 Å². The Kier molecular flexibility index (Phi) is 9.65. The van der Waals surface area contributed by atoms with Gasteiger partial charge in [0.2, 0.25) is 0 Å². The van der Waals surface area contributed by atoms with Crippen LogP contribution in [0.3, 0.4) is 0 Å². The lowest BCUT2D eigenvalue weighted by Crippen LogP contribution is -2.52. The summed E-state index contributed by atoms with van der Waals surface area (Å²) in [4.78, 5) is 12.1. The van der Waals surface area contributed by atoms with Gasteiger partial charge in [-0.25, -0.2) is 4.98 Å². The molecular formula is C31H39Cl2N5O3. The van der Waals surface area contributed by atoms with E-state index >= 15 is 0 Å². The van der Waals surface area contributed by atoms with Crippen molar-refractivity contribution < 1.29 is 14.2 Å². The van der Waals surface area contributed by atoms with Crippen molar-refractivity contribution in [1.29, 1.82) is 0 Å². The smallest absolute Gasteiger partial charge is 0.144 e. The molecule has 0 spiro atoms. The highest BCUT2D eigenvalue weighted by molar-refractivity contribution is 6.37. The fourth-order valence-corrected chi connectivity index (χ4v) is 6.13. The molecule has 1 N–H and O–H groups in total. The van der Waals surface area contributed by atoms with Gasteiger partial charge in [0.15, 0.2) is 0 Å². The first-order valence-electron chi connectivity index (χ1n) is 14.1. The first-order valence-corrected chi connectivity index (χ1v) is 14.8. The first kappa shape index (κ1) is 29.6. The Morgan fingerprint density at radius 3 is 2.29 bits per heavy atom. The molecule has 0 unspecified atom stereocenters. The van der Waals surface area contributed by atoms with Crippen LogP contribution in [0.2, 0.25) is 10.0 Å². The zero-order chi connectivity index (χ0) is 28.9. The van der Waals surface area contributed by atoms with Gasteiger partial charge in [0.05, 0.1) is 36.1 Å². The number of aromatic nitrogens is 1. The summed E-state index contributed by atoms with van der Waals surface area (Å²) in [6.07, 6.45) is 4.04. The molecule has 2 saturated heterocycles. The Balaban J connectivity index is 1.18. The van der Waals surface area contributed by atoms with E-state index in [0.717, 1.165) is 35.8 Å². The summed E-state index contributed by atoms with van der Waals surface area (Å²) >= 11 is 12.9. The normalized spacial score (nSPS) is 17.0. The Morgan fingerprint density at radius 1 is 0.902 bits per heavy atom. The highest BCUT2D eigenvalue weighted by atomic mass is 35.5. The number of anilines is 3. The van der Waals surface area contributed by atoms with Crippen LogP contribution in [-0.2, 0) is 6.61 Å². The predicted molar refractivity (Wildman–Crippen MR) is 167 cm³/mol. The number of benzene rings is 2. The number of aryl methyl sites for hydroxylation is 1. The number of piperazine rings is 1. The molecule has 41 heavy (non-hydrogen) atoms. The molecule has 2 aliphatic heterocycles. The maximum absolute atomic E-state index is 6.48. The second kappa shape index (κ2) is 13.4. The average molecular weight is 601 g/mol. The van der Waals surface area contributed by atoms with E-state index in [1.807, 2.05) is 31.2 Å². The summed E-state index contributed by atoms with van der Waals surface area (Å²) in [5, 5.41) is 4.39. The number of methoxy groups -OCH3 is 2. The van der Waals surface area contributed by atoms with Gasteiger partial charge in [-0.05, 0) is 62.7 Å². The molecule has 5 rings (SSSR count). The number of pyridine rings is 1. The molecule has 0 saturated carbocycles. The number of hydrogen-bond acceptors (Lipinski definition) is 8. The van der Waals surface area contributed by atoms with Gasteiger partial charge in [0, 0.05) is 62.6 Å². The highest BCUT2D eigenvalue weighted by Gasteiger charge is 2.27. The largest absolute Gasteiger partial charge is 0.495 e. The van der Waals surface area contributed by atoms with E-state index in [-0.39, 0.29) is 6.61 Å². The fraction of sp³-hybridized carbons (Fsp3) is 0.452. The van der Waals surface area contributed by atoms with Crippen molar-refractivity contribution in [3.8, 4) is 17.2 Å². The summed E-state index contributed by atoms with van der Waals surface area (Å²) in [6.45, 7) is 8.87. The summed E-state index contributed by atoms with van der Waals surface area (Å²) in [7, 11) is 5.52. The van der Waals surface area contributed by atoms with Crippen LogP contribution in [0.15, 0.2) is 42.6 Å². The monoisotopic (exact) mass is 599 g/mol. The third kappa shape index (κ3) is 6.95. The zero-order valence-corrected chi connectivity index (χ0v) is 25.8. The standard InChI is InChI=1S/C31H39Cl2N5O3/c1-21-17-28(40-4)31(33)25(30(21)32)20-41-24-6-8-29(34-19-24)35-22-5-7-26(27(18-22)39-3)38-11-9-23(10-12-38)37-15-13-36(2)14-16-37/h5-8,17-19,23H,9-16,20H2,1-4H3,(H,34,35). The highest BCUT2D eigenvalue weighted by Crippen LogP contribution is 2.37. The van der Waals surface area contributed by atoms with Gasteiger partial charge in [-0.1, -0.05) is 23.2 Å². The fourth-order valence-electron chi connectivity index (χ4n) is 5.60. The maximum Gasteiger partial charge on any atom is 0.144 e. The second-order valence-corrected chi connectivity index (χ2v) is 11.5. The van der Waals surface area contributed by atoms with Gasteiger partial charge in [-0.15, -0.1) is 0 Å². The third-order valence-corrected chi connectivity index (χ3v) is 9.03. The van der Waals surface area contributed by atoms with Crippen molar-refractivity contribution in [2.45, 2.75) is 32.4 Å². The van der Waals surface area contributed by atoms with E-state index in [1.54, 1.807) is 20.4 Å². The van der Waals surface area contributed by atoms with E-state index in [1.165, 1.54) is 39.0 Å². The minimum absolute atomic E-state index is 0.204. The van der Waals surface area contributed by atoms with Crippen LogP contribution in [0.5, 0.6) is 17.2 Å². The van der Waals surface area contributed by atoms with Crippen LogP contribution in [0.4, 0.5) is 17.2 Å². The van der Waals surface area contributed by atoms with E-state index in [0.29, 0.717) is 39.0 Å². The molecule has 10 heteroatoms. The third-order valence-electron chi connectivity index (χ3n) is 8.09. The quantitative estimate of drug-likeness (QED) is 0.309. The van der Waals surface area contributed by atoms with Crippen LogP contribution in [0.25, 0.3) is 0 Å². The van der Waals surface area contributed by atoms with Crippen LogP contribution >= 0.6 is 23.2 Å². The molecule has 3 heterocycles. The van der Waals surface area contributed by atoms with Gasteiger partial charge in [0.1, 0.15) is 29.7 Å². The second-order valence-electron chi connectivity index (χ2n) is 10.7. The predicted octanol–water partition coefficient (Wildman–Crippen LogP) is 6.25. The van der Waals surface area contributed by atoms with E-state index < -0.39 is 0 Å². The molecule has 2 aliphatic rings. The molecule has 2 fully saturated rings. The van der Waals surface area contributed by atoms with Crippen molar-refractivity contribution in [2.24, 2.45) is 0 Å². The lowest BCUT2D eigenvalue weighted by molar-refractivity contribution is 0.0981. The number of halogens is 2.